The fourth-order valence-electron chi connectivity index (χ4n) is 2.22. The number of carbonyl (C=O) groups excluding carboxylic acids is 1. The molecule has 2 atom stereocenters. The summed E-state index contributed by atoms with van der Waals surface area (Å²) in [5, 5.41) is 6.15. The summed E-state index contributed by atoms with van der Waals surface area (Å²) in [6, 6.07) is 0.575. The van der Waals surface area contributed by atoms with Gasteiger partial charge in [-0.1, -0.05) is 13.8 Å². The summed E-state index contributed by atoms with van der Waals surface area (Å²) in [5.74, 6) is 0.0617. The molecule has 0 bridgehead atoms. The van der Waals surface area contributed by atoms with Gasteiger partial charge in [-0.2, -0.15) is 0 Å². The Balaban J connectivity index is 2.28. The van der Waals surface area contributed by atoms with Crippen LogP contribution < -0.4 is 10.6 Å². The second kappa shape index (κ2) is 5.15. The van der Waals surface area contributed by atoms with Crippen LogP contribution in [-0.2, 0) is 9.53 Å². The van der Waals surface area contributed by atoms with E-state index in [9.17, 15) is 4.79 Å². The second-order valence-corrected chi connectivity index (χ2v) is 5.44. The molecule has 2 N–H and O–H groups in total. The molecule has 1 fully saturated rings. The third-order valence-corrected chi connectivity index (χ3v) is 3.42. The molecule has 1 rings (SSSR count). The van der Waals surface area contributed by atoms with Crippen LogP contribution in [0.2, 0.25) is 0 Å². The molecule has 0 heterocycles. The number of nitrogens with one attached hydrogen (secondary N) is 2. The Morgan fingerprint density at radius 3 is 2.56 bits per heavy atom. The minimum Gasteiger partial charge on any atom is -0.381 e. The summed E-state index contributed by atoms with van der Waals surface area (Å²) in [6.07, 6.45) is 1.29. The van der Waals surface area contributed by atoms with Gasteiger partial charge in [0.25, 0.3) is 0 Å². The summed E-state index contributed by atoms with van der Waals surface area (Å²) in [4.78, 5) is 11.5. The minimum absolute atomic E-state index is 0.0617. The SMILES string of the molecule is COC1CC(NCC(=O)NC(C)C)C1(C)C. The molecule has 0 aromatic rings. The van der Waals surface area contributed by atoms with Gasteiger partial charge < -0.3 is 15.4 Å². The van der Waals surface area contributed by atoms with E-state index in [4.69, 9.17) is 4.74 Å². The van der Waals surface area contributed by atoms with Crippen LogP contribution in [-0.4, -0.2) is 37.7 Å². The van der Waals surface area contributed by atoms with Gasteiger partial charge in [0, 0.05) is 24.6 Å². The molecule has 0 aromatic heterocycles. The van der Waals surface area contributed by atoms with Crippen molar-refractivity contribution in [2.24, 2.45) is 5.41 Å². The van der Waals surface area contributed by atoms with Crippen LogP contribution in [0.3, 0.4) is 0 Å². The number of rotatable bonds is 5. The first kappa shape index (κ1) is 13.5. The molecule has 94 valence electrons. The van der Waals surface area contributed by atoms with Crippen LogP contribution in [0.1, 0.15) is 34.1 Å². The molecule has 0 aliphatic heterocycles. The summed E-state index contributed by atoms with van der Waals surface area (Å²) >= 11 is 0. The maximum Gasteiger partial charge on any atom is 0.234 e. The van der Waals surface area contributed by atoms with Crippen molar-refractivity contribution in [2.75, 3.05) is 13.7 Å². The average molecular weight is 228 g/mol. The predicted molar refractivity (Wildman–Crippen MR) is 64.3 cm³/mol. The summed E-state index contributed by atoms with van der Waals surface area (Å²) in [5.41, 5.74) is 0.118. The van der Waals surface area contributed by atoms with Crippen molar-refractivity contribution in [3.63, 3.8) is 0 Å². The lowest BCUT2D eigenvalue weighted by Crippen LogP contribution is -2.61. The number of methoxy groups -OCH3 is 1. The van der Waals surface area contributed by atoms with Crippen molar-refractivity contribution in [1.82, 2.24) is 10.6 Å². The van der Waals surface area contributed by atoms with Gasteiger partial charge in [-0.25, -0.2) is 0 Å². The third-order valence-electron chi connectivity index (χ3n) is 3.42. The standard InChI is InChI=1S/C12H24N2O2/c1-8(2)14-11(15)7-13-9-6-10(16-5)12(9,3)4/h8-10,13H,6-7H2,1-5H3,(H,14,15). The fraction of sp³-hybridized carbons (Fsp3) is 0.917. The third kappa shape index (κ3) is 2.95. The number of carbonyl (C=O) groups is 1. The summed E-state index contributed by atoms with van der Waals surface area (Å²) in [7, 11) is 1.74. The maximum absolute atomic E-state index is 11.5. The first-order valence-electron chi connectivity index (χ1n) is 5.93. The Labute approximate surface area is 98.1 Å². The molecule has 0 spiro atoms. The van der Waals surface area contributed by atoms with E-state index in [2.05, 4.69) is 24.5 Å². The van der Waals surface area contributed by atoms with Gasteiger partial charge in [0.15, 0.2) is 0 Å². The predicted octanol–water partition coefficient (Wildman–Crippen LogP) is 0.914. The van der Waals surface area contributed by atoms with Gasteiger partial charge >= 0.3 is 0 Å². The number of hydrogen-bond donors (Lipinski definition) is 2. The molecule has 1 saturated carbocycles. The first-order chi connectivity index (χ1) is 7.37. The van der Waals surface area contributed by atoms with Crippen molar-refractivity contribution in [3.05, 3.63) is 0 Å². The van der Waals surface area contributed by atoms with Crippen LogP contribution in [0, 0.1) is 5.41 Å². The first-order valence-corrected chi connectivity index (χ1v) is 5.93. The lowest BCUT2D eigenvalue weighted by molar-refractivity contribution is -0.123. The highest BCUT2D eigenvalue weighted by molar-refractivity contribution is 5.78. The molecular formula is C12H24N2O2. The van der Waals surface area contributed by atoms with Crippen LogP contribution >= 0.6 is 0 Å². The molecule has 1 aliphatic rings. The Hall–Kier alpha value is -0.610. The number of hydrogen-bond acceptors (Lipinski definition) is 3. The molecule has 16 heavy (non-hydrogen) atoms. The van der Waals surface area contributed by atoms with E-state index in [1.807, 2.05) is 13.8 Å². The van der Waals surface area contributed by atoms with E-state index >= 15 is 0 Å². The van der Waals surface area contributed by atoms with Gasteiger partial charge in [0.05, 0.1) is 12.6 Å². The normalized spacial score (nSPS) is 27.6. The van der Waals surface area contributed by atoms with E-state index in [1.54, 1.807) is 7.11 Å². The van der Waals surface area contributed by atoms with Gasteiger partial charge in [-0.15, -0.1) is 0 Å². The molecule has 0 radical (unpaired) electrons. The zero-order valence-electron chi connectivity index (χ0n) is 11.0. The molecule has 2 unspecified atom stereocenters. The largest absolute Gasteiger partial charge is 0.381 e. The Morgan fingerprint density at radius 1 is 1.50 bits per heavy atom. The van der Waals surface area contributed by atoms with E-state index in [0.717, 1.165) is 6.42 Å². The lowest BCUT2D eigenvalue weighted by atomic mass is 9.64. The van der Waals surface area contributed by atoms with Gasteiger partial charge in [-0.3, -0.25) is 4.79 Å². The van der Waals surface area contributed by atoms with Crippen molar-refractivity contribution in [1.29, 1.82) is 0 Å². The van der Waals surface area contributed by atoms with Crippen molar-refractivity contribution in [3.8, 4) is 0 Å². The van der Waals surface area contributed by atoms with Gasteiger partial charge in [0.1, 0.15) is 0 Å². The number of ether oxygens (including phenoxy) is 1. The summed E-state index contributed by atoms with van der Waals surface area (Å²) < 4.78 is 5.36. The van der Waals surface area contributed by atoms with Gasteiger partial charge in [0.2, 0.25) is 5.91 Å². The summed E-state index contributed by atoms with van der Waals surface area (Å²) in [6.45, 7) is 8.66. The Kier molecular flexibility index (Phi) is 4.33. The van der Waals surface area contributed by atoms with Crippen molar-refractivity contribution < 1.29 is 9.53 Å². The van der Waals surface area contributed by atoms with E-state index in [-0.39, 0.29) is 17.4 Å². The van der Waals surface area contributed by atoms with Crippen LogP contribution in [0.4, 0.5) is 0 Å². The van der Waals surface area contributed by atoms with Crippen LogP contribution in [0.25, 0.3) is 0 Å². The topological polar surface area (TPSA) is 50.4 Å². The maximum atomic E-state index is 11.5. The second-order valence-electron chi connectivity index (χ2n) is 5.44. The monoisotopic (exact) mass is 228 g/mol. The average Bonchev–Trinajstić information content (AvgIpc) is 2.15. The highest BCUT2D eigenvalue weighted by atomic mass is 16.5. The lowest BCUT2D eigenvalue weighted by Gasteiger charge is -2.51. The Morgan fingerprint density at radius 2 is 2.12 bits per heavy atom. The van der Waals surface area contributed by atoms with Crippen molar-refractivity contribution >= 4 is 5.91 Å². The molecule has 0 aromatic carbocycles. The highest BCUT2D eigenvalue weighted by Gasteiger charge is 2.48. The van der Waals surface area contributed by atoms with E-state index in [0.29, 0.717) is 18.7 Å². The quantitative estimate of drug-likeness (QED) is 0.735. The van der Waals surface area contributed by atoms with E-state index in [1.165, 1.54) is 0 Å². The zero-order chi connectivity index (χ0) is 12.3. The van der Waals surface area contributed by atoms with Crippen LogP contribution in [0.15, 0.2) is 0 Å². The van der Waals surface area contributed by atoms with Gasteiger partial charge in [-0.05, 0) is 20.3 Å². The molecule has 4 heteroatoms. The highest BCUT2D eigenvalue weighted by Crippen LogP contribution is 2.42. The van der Waals surface area contributed by atoms with E-state index < -0.39 is 0 Å². The number of amides is 1. The Bertz CT molecular complexity index is 251. The zero-order valence-corrected chi connectivity index (χ0v) is 11.0. The van der Waals surface area contributed by atoms with Crippen LogP contribution in [0.5, 0.6) is 0 Å². The molecule has 4 nitrogen and oxygen atoms in total. The fourth-order valence-corrected chi connectivity index (χ4v) is 2.22. The van der Waals surface area contributed by atoms with Crippen molar-refractivity contribution in [2.45, 2.75) is 52.3 Å². The smallest absolute Gasteiger partial charge is 0.234 e. The molecule has 1 amide bonds. The molecule has 0 saturated heterocycles. The molecule has 1 aliphatic carbocycles. The minimum atomic E-state index is 0.0617. The molecular weight excluding hydrogens is 204 g/mol.